The predicted molar refractivity (Wildman–Crippen MR) is 82.4 cm³/mol. The molecule has 0 unspecified atom stereocenters. The minimum Gasteiger partial charge on any atom is -0.431 e. The van der Waals surface area contributed by atoms with E-state index in [1.165, 1.54) is 24.5 Å². The molecule has 8 heteroatoms. The van der Waals surface area contributed by atoms with Crippen LogP contribution in [0, 0.1) is 0 Å². The van der Waals surface area contributed by atoms with Crippen molar-refractivity contribution in [3.8, 4) is 11.6 Å². The molecule has 0 aliphatic carbocycles. The molecule has 3 aromatic heterocycles. The first-order chi connectivity index (χ1) is 11.6. The minimum atomic E-state index is -3.01. The van der Waals surface area contributed by atoms with Crippen LogP contribution in [-0.2, 0) is 0 Å². The molecule has 122 valence electrons. The first-order valence-corrected chi connectivity index (χ1v) is 6.94. The van der Waals surface area contributed by atoms with E-state index in [1.54, 1.807) is 16.7 Å². The summed E-state index contributed by atoms with van der Waals surface area (Å²) in [6, 6.07) is 9.68. The van der Waals surface area contributed by atoms with Gasteiger partial charge in [-0.25, -0.2) is 9.97 Å². The fourth-order valence-corrected chi connectivity index (χ4v) is 2.02. The van der Waals surface area contributed by atoms with Crippen LogP contribution in [0.2, 0.25) is 0 Å². The number of anilines is 1. The number of nitrogens with one attached hydrogen (secondary N) is 1. The van der Waals surface area contributed by atoms with Gasteiger partial charge in [-0.15, -0.1) is 0 Å². The third-order valence-corrected chi connectivity index (χ3v) is 3.10. The summed E-state index contributed by atoms with van der Waals surface area (Å²) in [6.07, 6.45) is 6.40. The molecule has 3 rings (SSSR count). The van der Waals surface area contributed by atoms with E-state index in [1.807, 2.05) is 24.5 Å². The Hall–Kier alpha value is -3.29. The highest BCUT2D eigenvalue weighted by Crippen LogP contribution is 2.23. The van der Waals surface area contributed by atoms with Crippen molar-refractivity contribution in [2.45, 2.75) is 6.61 Å². The van der Waals surface area contributed by atoms with Gasteiger partial charge in [-0.2, -0.15) is 8.78 Å². The second kappa shape index (κ2) is 6.86. The van der Waals surface area contributed by atoms with Crippen molar-refractivity contribution < 1.29 is 18.3 Å². The lowest BCUT2D eigenvalue weighted by atomic mass is 10.2. The molecule has 0 atom stereocenters. The van der Waals surface area contributed by atoms with Crippen molar-refractivity contribution in [1.29, 1.82) is 0 Å². The quantitative estimate of drug-likeness (QED) is 0.780. The Balaban J connectivity index is 1.76. The predicted octanol–water partition coefficient (Wildman–Crippen LogP) is 3.12. The van der Waals surface area contributed by atoms with Gasteiger partial charge in [0.25, 0.3) is 5.91 Å². The van der Waals surface area contributed by atoms with Crippen LogP contribution in [0.4, 0.5) is 14.6 Å². The SMILES string of the molecule is O=C(Nc1ncccc1OC(F)F)c1ccc(-n2cccc2)nc1. The van der Waals surface area contributed by atoms with Crippen LogP contribution in [0.1, 0.15) is 10.4 Å². The van der Waals surface area contributed by atoms with E-state index in [2.05, 4.69) is 20.0 Å². The number of amides is 1. The third kappa shape index (κ3) is 3.54. The minimum absolute atomic E-state index is 0.0858. The van der Waals surface area contributed by atoms with Gasteiger partial charge in [-0.05, 0) is 36.4 Å². The molecule has 3 heterocycles. The number of nitrogens with zero attached hydrogens (tertiary/aromatic N) is 3. The lowest BCUT2D eigenvalue weighted by Gasteiger charge is -2.10. The molecular weight excluding hydrogens is 318 g/mol. The molecule has 1 amide bonds. The second-order valence-electron chi connectivity index (χ2n) is 4.68. The van der Waals surface area contributed by atoms with Gasteiger partial charge in [0.15, 0.2) is 11.6 Å². The van der Waals surface area contributed by atoms with Crippen LogP contribution < -0.4 is 10.1 Å². The van der Waals surface area contributed by atoms with E-state index in [-0.39, 0.29) is 17.1 Å². The Morgan fingerprint density at radius 3 is 2.58 bits per heavy atom. The van der Waals surface area contributed by atoms with Crippen molar-refractivity contribution >= 4 is 11.7 Å². The van der Waals surface area contributed by atoms with Gasteiger partial charge in [0.1, 0.15) is 5.82 Å². The molecule has 0 radical (unpaired) electrons. The van der Waals surface area contributed by atoms with Crippen molar-refractivity contribution in [3.63, 3.8) is 0 Å². The molecule has 0 fully saturated rings. The van der Waals surface area contributed by atoms with Gasteiger partial charge < -0.3 is 14.6 Å². The smallest absolute Gasteiger partial charge is 0.387 e. The summed E-state index contributed by atoms with van der Waals surface area (Å²) in [7, 11) is 0. The Morgan fingerprint density at radius 2 is 1.92 bits per heavy atom. The Morgan fingerprint density at radius 1 is 1.12 bits per heavy atom. The summed E-state index contributed by atoms with van der Waals surface area (Å²) in [5.41, 5.74) is 0.263. The maximum Gasteiger partial charge on any atom is 0.387 e. The van der Waals surface area contributed by atoms with Crippen LogP contribution in [0.15, 0.2) is 61.2 Å². The largest absolute Gasteiger partial charge is 0.431 e. The van der Waals surface area contributed by atoms with Gasteiger partial charge in [-0.1, -0.05) is 0 Å². The lowest BCUT2D eigenvalue weighted by molar-refractivity contribution is -0.0495. The van der Waals surface area contributed by atoms with E-state index in [9.17, 15) is 13.6 Å². The number of aromatic nitrogens is 3. The monoisotopic (exact) mass is 330 g/mol. The van der Waals surface area contributed by atoms with Gasteiger partial charge >= 0.3 is 6.61 Å². The van der Waals surface area contributed by atoms with Gasteiger partial charge in [0.2, 0.25) is 0 Å². The van der Waals surface area contributed by atoms with Crippen molar-refractivity contribution in [2.75, 3.05) is 5.32 Å². The zero-order valence-electron chi connectivity index (χ0n) is 12.3. The molecule has 0 aromatic carbocycles. The summed E-state index contributed by atoms with van der Waals surface area (Å²) in [5, 5.41) is 2.43. The fraction of sp³-hybridized carbons (Fsp3) is 0.0625. The number of ether oxygens (including phenoxy) is 1. The van der Waals surface area contributed by atoms with Crippen molar-refractivity contribution in [3.05, 3.63) is 66.7 Å². The number of hydrogen-bond acceptors (Lipinski definition) is 4. The number of hydrogen-bond donors (Lipinski definition) is 1. The number of halogens is 2. The molecule has 0 saturated heterocycles. The molecule has 0 aliphatic rings. The van der Waals surface area contributed by atoms with Crippen LogP contribution >= 0.6 is 0 Å². The van der Waals surface area contributed by atoms with Crippen molar-refractivity contribution in [1.82, 2.24) is 14.5 Å². The molecule has 6 nitrogen and oxygen atoms in total. The Labute approximate surface area is 135 Å². The van der Waals surface area contributed by atoms with E-state index in [4.69, 9.17) is 0 Å². The molecule has 3 aromatic rings. The Kier molecular flexibility index (Phi) is 4.46. The van der Waals surface area contributed by atoms with Crippen LogP contribution in [0.5, 0.6) is 5.75 Å². The standard InChI is InChI=1S/C16H12F2N4O2/c17-16(18)24-12-4-3-7-19-14(12)21-15(23)11-5-6-13(20-10-11)22-8-1-2-9-22/h1-10,16H,(H,19,21,23). The summed E-state index contributed by atoms with van der Waals surface area (Å²) in [6.45, 7) is -3.01. The number of pyridine rings is 2. The topological polar surface area (TPSA) is 69.0 Å². The molecule has 0 aliphatic heterocycles. The molecule has 0 spiro atoms. The maximum atomic E-state index is 12.4. The van der Waals surface area contributed by atoms with Crippen LogP contribution in [0.3, 0.4) is 0 Å². The molecular formula is C16H12F2N4O2. The highest BCUT2D eigenvalue weighted by molar-refractivity contribution is 6.04. The molecule has 0 bridgehead atoms. The number of carbonyl (C=O) groups excluding carboxylic acids is 1. The average molecular weight is 330 g/mol. The molecule has 0 saturated carbocycles. The normalized spacial score (nSPS) is 10.6. The number of rotatable bonds is 5. The van der Waals surface area contributed by atoms with E-state index in [0.717, 1.165) is 0 Å². The second-order valence-corrected chi connectivity index (χ2v) is 4.68. The number of alkyl halides is 2. The first kappa shape index (κ1) is 15.6. The van der Waals surface area contributed by atoms with Gasteiger partial charge in [0.05, 0.1) is 5.56 Å². The van der Waals surface area contributed by atoms with Crippen molar-refractivity contribution in [2.24, 2.45) is 0 Å². The zero-order valence-corrected chi connectivity index (χ0v) is 12.3. The Bertz CT molecular complexity index is 820. The number of carbonyl (C=O) groups is 1. The van der Waals surface area contributed by atoms with E-state index in [0.29, 0.717) is 5.82 Å². The summed E-state index contributed by atoms with van der Waals surface area (Å²) in [4.78, 5) is 20.2. The van der Waals surface area contributed by atoms with E-state index < -0.39 is 12.5 Å². The van der Waals surface area contributed by atoms with Gasteiger partial charge in [-0.3, -0.25) is 4.79 Å². The van der Waals surface area contributed by atoms with Crippen LogP contribution in [-0.4, -0.2) is 27.1 Å². The first-order valence-electron chi connectivity index (χ1n) is 6.94. The molecule has 24 heavy (non-hydrogen) atoms. The highest BCUT2D eigenvalue weighted by Gasteiger charge is 2.14. The zero-order chi connectivity index (χ0) is 16.9. The summed E-state index contributed by atoms with van der Waals surface area (Å²) < 4.78 is 30.8. The molecule has 1 N–H and O–H groups in total. The lowest BCUT2D eigenvalue weighted by Crippen LogP contribution is -2.15. The van der Waals surface area contributed by atoms with E-state index >= 15 is 0 Å². The van der Waals surface area contributed by atoms with Gasteiger partial charge in [0, 0.05) is 24.8 Å². The summed E-state index contributed by atoms with van der Waals surface area (Å²) in [5.74, 6) is -0.175. The fourth-order valence-electron chi connectivity index (χ4n) is 2.02. The summed E-state index contributed by atoms with van der Waals surface area (Å²) >= 11 is 0. The van der Waals surface area contributed by atoms with Crippen LogP contribution in [0.25, 0.3) is 5.82 Å². The third-order valence-electron chi connectivity index (χ3n) is 3.10. The average Bonchev–Trinajstić information content (AvgIpc) is 3.11. The highest BCUT2D eigenvalue weighted by atomic mass is 19.3. The maximum absolute atomic E-state index is 12.4.